The van der Waals surface area contributed by atoms with Crippen LogP contribution in [0.1, 0.15) is 19.8 Å². The van der Waals surface area contributed by atoms with E-state index in [0.717, 1.165) is 11.6 Å². The van der Waals surface area contributed by atoms with Crippen LogP contribution in [0.3, 0.4) is 0 Å². The maximum absolute atomic E-state index is 5.91. The van der Waals surface area contributed by atoms with E-state index in [1.54, 1.807) is 0 Å². The number of nitrogens with two attached hydrogens (primary N) is 1. The number of hydrogen-bond donors (Lipinski definition) is 1. The normalized spacial score (nSPS) is 16.8. The fourth-order valence-electron chi connectivity index (χ4n) is 2.13. The van der Waals surface area contributed by atoms with Crippen molar-refractivity contribution < 1.29 is 0 Å². The Morgan fingerprint density at radius 1 is 1.36 bits per heavy atom. The van der Waals surface area contributed by atoms with E-state index < -0.39 is 0 Å². The zero-order valence-electron chi connectivity index (χ0n) is 8.74. The second-order valence-electron chi connectivity index (χ2n) is 4.12. The SMILES string of the molecule is CCCC1CN(c2ccccc2N)C1. The zero-order valence-corrected chi connectivity index (χ0v) is 8.74. The highest BCUT2D eigenvalue weighted by molar-refractivity contribution is 5.68. The van der Waals surface area contributed by atoms with Gasteiger partial charge in [-0.2, -0.15) is 0 Å². The minimum atomic E-state index is 0.889. The van der Waals surface area contributed by atoms with Gasteiger partial charge in [0.1, 0.15) is 0 Å². The van der Waals surface area contributed by atoms with Crippen LogP contribution in [0.4, 0.5) is 11.4 Å². The highest BCUT2D eigenvalue weighted by atomic mass is 15.2. The molecule has 0 atom stereocenters. The van der Waals surface area contributed by atoms with E-state index >= 15 is 0 Å². The van der Waals surface area contributed by atoms with Crippen molar-refractivity contribution in [2.75, 3.05) is 23.7 Å². The third kappa shape index (κ3) is 1.69. The summed E-state index contributed by atoms with van der Waals surface area (Å²) in [5.74, 6) is 0.889. The lowest BCUT2D eigenvalue weighted by Crippen LogP contribution is -2.46. The van der Waals surface area contributed by atoms with Gasteiger partial charge >= 0.3 is 0 Å². The number of anilines is 2. The summed E-state index contributed by atoms with van der Waals surface area (Å²) >= 11 is 0. The van der Waals surface area contributed by atoms with Gasteiger partial charge in [-0.25, -0.2) is 0 Å². The standard InChI is InChI=1S/C12H18N2/c1-2-5-10-8-14(9-10)12-7-4-3-6-11(12)13/h3-4,6-7,10H,2,5,8-9,13H2,1H3. The summed E-state index contributed by atoms with van der Waals surface area (Å²) in [5, 5.41) is 0. The maximum atomic E-state index is 5.91. The van der Waals surface area contributed by atoms with Crippen LogP contribution in [-0.4, -0.2) is 13.1 Å². The van der Waals surface area contributed by atoms with E-state index in [0.29, 0.717) is 0 Å². The van der Waals surface area contributed by atoms with Crippen molar-refractivity contribution in [3.63, 3.8) is 0 Å². The van der Waals surface area contributed by atoms with Crippen LogP contribution in [0.25, 0.3) is 0 Å². The third-order valence-electron chi connectivity index (χ3n) is 2.93. The van der Waals surface area contributed by atoms with Crippen molar-refractivity contribution in [1.29, 1.82) is 0 Å². The molecule has 76 valence electrons. The van der Waals surface area contributed by atoms with Crippen molar-refractivity contribution in [3.8, 4) is 0 Å². The minimum absolute atomic E-state index is 0.889. The van der Waals surface area contributed by atoms with Crippen LogP contribution >= 0.6 is 0 Å². The average Bonchev–Trinajstić information content (AvgIpc) is 2.12. The fraction of sp³-hybridized carbons (Fsp3) is 0.500. The summed E-state index contributed by atoms with van der Waals surface area (Å²) in [4.78, 5) is 2.37. The van der Waals surface area contributed by atoms with Gasteiger partial charge in [0.05, 0.1) is 11.4 Å². The molecule has 0 bridgehead atoms. The first-order chi connectivity index (χ1) is 6.81. The molecule has 0 amide bonds. The van der Waals surface area contributed by atoms with Crippen LogP contribution in [0.5, 0.6) is 0 Å². The van der Waals surface area contributed by atoms with Crippen LogP contribution in [-0.2, 0) is 0 Å². The highest BCUT2D eigenvalue weighted by Crippen LogP contribution is 2.30. The Bertz CT molecular complexity index is 303. The number of rotatable bonds is 3. The number of nitrogens with zero attached hydrogens (tertiary/aromatic N) is 1. The number of hydrogen-bond acceptors (Lipinski definition) is 2. The minimum Gasteiger partial charge on any atom is -0.397 e. The molecule has 1 aromatic rings. The summed E-state index contributed by atoms with van der Waals surface area (Å²) < 4.78 is 0. The first-order valence-electron chi connectivity index (χ1n) is 5.40. The van der Waals surface area contributed by atoms with Gasteiger partial charge in [-0.1, -0.05) is 25.5 Å². The largest absolute Gasteiger partial charge is 0.397 e. The topological polar surface area (TPSA) is 29.3 Å². The lowest BCUT2D eigenvalue weighted by molar-refractivity contribution is 0.381. The molecule has 1 aliphatic heterocycles. The number of nitrogen functional groups attached to an aromatic ring is 1. The van der Waals surface area contributed by atoms with E-state index in [-0.39, 0.29) is 0 Å². The van der Waals surface area contributed by atoms with Gasteiger partial charge in [0.2, 0.25) is 0 Å². The average molecular weight is 190 g/mol. The van der Waals surface area contributed by atoms with E-state index in [1.807, 2.05) is 12.1 Å². The number of benzene rings is 1. The third-order valence-corrected chi connectivity index (χ3v) is 2.93. The molecule has 1 aliphatic rings. The molecule has 0 saturated carbocycles. The Morgan fingerprint density at radius 2 is 2.07 bits per heavy atom. The van der Waals surface area contributed by atoms with Gasteiger partial charge in [-0.15, -0.1) is 0 Å². The molecular weight excluding hydrogens is 172 g/mol. The van der Waals surface area contributed by atoms with Gasteiger partial charge in [-0.05, 0) is 24.5 Å². The van der Waals surface area contributed by atoms with Crippen molar-refractivity contribution in [2.45, 2.75) is 19.8 Å². The molecule has 0 aromatic heterocycles. The highest BCUT2D eigenvalue weighted by Gasteiger charge is 2.26. The summed E-state index contributed by atoms with van der Waals surface area (Å²) in [6, 6.07) is 8.13. The molecule has 2 nitrogen and oxygen atoms in total. The van der Waals surface area contributed by atoms with Crippen molar-refractivity contribution in [1.82, 2.24) is 0 Å². The Balaban J connectivity index is 1.96. The van der Waals surface area contributed by atoms with E-state index in [9.17, 15) is 0 Å². The summed E-state index contributed by atoms with van der Waals surface area (Å²) in [6.07, 6.45) is 2.64. The quantitative estimate of drug-likeness (QED) is 0.742. The van der Waals surface area contributed by atoms with E-state index in [4.69, 9.17) is 5.73 Å². The van der Waals surface area contributed by atoms with Crippen LogP contribution in [0, 0.1) is 5.92 Å². The molecular formula is C12H18N2. The fourth-order valence-corrected chi connectivity index (χ4v) is 2.13. The Labute approximate surface area is 85.7 Å². The first kappa shape index (κ1) is 9.38. The molecule has 1 heterocycles. The second-order valence-corrected chi connectivity index (χ2v) is 4.12. The predicted octanol–water partition coefficient (Wildman–Crippen LogP) is 2.51. The summed E-state index contributed by atoms with van der Waals surface area (Å²) in [6.45, 7) is 4.61. The smallest absolute Gasteiger partial charge is 0.0600 e. The zero-order chi connectivity index (χ0) is 9.97. The molecule has 2 rings (SSSR count). The van der Waals surface area contributed by atoms with Gasteiger partial charge in [0, 0.05) is 13.1 Å². The van der Waals surface area contributed by atoms with Gasteiger partial charge < -0.3 is 10.6 Å². The summed E-state index contributed by atoms with van der Waals surface area (Å²) in [7, 11) is 0. The Hall–Kier alpha value is -1.18. The van der Waals surface area contributed by atoms with E-state index in [1.165, 1.54) is 31.6 Å². The lowest BCUT2D eigenvalue weighted by Gasteiger charge is -2.41. The van der Waals surface area contributed by atoms with Crippen LogP contribution < -0.4 is 10.6 Å². The number of para-hydroxylation sites is 2. The maximum Gasteiger partial charge on any atom is 0.0600 e. The predicted molar refractivity (Wildman–Crippen MR) is 61.5 cm³/mol. The molecule has 1 fully saturated rings. The molecule has 2 heteroatoms. The molecule has 0 spiro atoms. The molecule has 0 radical (unpaired) electrons. The lowest BCUT2D eigenvalue weighted by atomic mass is 9.94. The van der Waals surface area contributed by atoms with Gasteiger partial charge in [-0.3, -0.25) is 0 Å². The van der Waals surface area contributed by atoms with Gasteiger partial charge in [0.25, 0.3) is 0 Å². The molecule has 2 N–H and O–H groups in total. The molecule has 14 heavy (non-hydrogen) atoms. The van der Waals surface area contributed by atoms with Crippen molar-refractivity contribution in [2.24, 2.45) is 5.92 Å². The Kier molecular flexibility index (Phi) is 2.62. The molecule has 0 unspecified atom stereocenters. The van der Waals surface area contributed by atoms with E-state index in [2.05, 4.69) is 24.0 Å². The van der Waals surface area contributed by atoms with Crippen molar-refractivity contribution >= 4 is 11.4 Å². The Morgan fingerprint density at radius 3 is 2.71 bits per heavy atom. The molecule has 1 saturated heterocycles. The monoisotopic (exact) mass is 190 g/mol. The second kappa shape index (κ2) is 3.91. The molecule has 1 aromatic carbocycles. The first-order valence-corrected chi connectivity index (χ1v) is 5.40. The van der Waals surface area contributed by atoms with Crippen molar-refractivity contribution in [3.05, 3.63) is 24.3 Å². The van der Waals surface area contributed by atoms with Crippen LogP contribution in [0.2, 0.25) is 0 Å². The van der Waals surface area contributed by atoms with Gasteiger partial charge in [0.15, 0.2) is 0 Å². The van der Waals surface area contributed by atoms with Crippen LogP contribution in [0.15, 0.2) is 24.3 Å². The summed E-state index contributed by atoms with van der Waals surface area (Å²) in [5.41, 5.74) is 8.02. The molecule has 0 aliphatic carbocycles.